The second kappa shape index (κ2) is 9.63. The van der Waals surface area contributed by atoms with Gasteiger partial charge in [-0.3, -0.25) is 0 Å². The van der Waals surface area contributed by atoms with Crippen LogP contribution in [0, 0.1) is 0 Å². The monoisotopic (exact) mass is 427 g/mol. The van der Waals surface area contributed by atoms with E-state index in [0.717, 1.165) is 17.0 Å². The SMILES string of the molecule is CCCc1cc(-c2csc(-c3ccc(OCC)c(OCC)c3)n2)cc(C(=O)O)c1O. The molecule has 0 aliphatic rings. The summed E-state index contributed by atoms with van der Waals surface area (Å²) < 4.78 is 11.3. The Morgan fingerprint density at radius 2 is 1.77 bits per heavy atom. The summed E-state index contributed by atoms with van der Waals surface area (Å²) >= 11 is 1.46. The van der Waals surface area contributed by atoms with Crippen LogP contribution in [0.5, 0.6) is 17.2 Å². The lowest BCUT2D eigenvalue weighted by atomic mass is 9.99. The molecule has 2 N–H and O–H groups in total. The van der Waals surface area contributed by atoms with E-state index < -0.39 is 5.97 Å². The van der Waals surface area contributed by atoms with Gasteiger partial charge < -0.3 is 19.7 Å². The molecule has 0 atom stereocenters. The summed E-state index contributed by atoms with van der Waals surface area (Å²) in [7, 11) is 0. The van der Waals surface area contributed by atoms with Gasteiger partial charge in [-0.25, -0.2) is 9.78 Å². The number of carboxylic acids is 1. The van der Waals surface area contributed by atoms with Gasteiger partial charge in [-0.15, -0.1) is 11.3 Å². The minimum absolute atomic E-state index is 0.106. The fourth-order valence-corrected chi connectivity index (χ4v) is 4.01. The molecule has 0 saturated heterocycles. The first kappa shape index (κ1) is 21.6. The molecule has 0 amide bonds. The van der Waals surface area contributed by atoms with Gasteiger partial charge in [-0.2, -0.15) is 0 Å². The number of hydrogen-bond acceptors (Lipinski definition) is 6. The summed E-state index contributed by atoms with van der Waals surface area (Å²) in [5, 5.41) is 22.4. The topological polar surface area (TPSA) is 88.9 Å². The molecule has 0 unspecified atom stereocenters. The number of benzene rings is 2. The number of carboxylic acid groups (broad SMARTS) is 1. The van der Waals surface area contributed by atoms with E-state index >= 15 is 0 Å². The van der Waals surface area contributed by atoms with Crippen molar-refractivity contribution in [2.45, 2.75) is 33.6 Å². The van der Waals surface area contributed by atoms with E-state index in [2.05, 4.69) is 0 Å². The second-order valence-corrected chi connectivity index (χ2v) is 7.51. The Bertz CT molecular complexity index is 1040. The number of rotatable bonds is 9. The molecular weight excluding hydrogens is 402 g/mol. The van der Waals surface area contributed by atoms with E-state index in [9.17, 15) is 15.0 Å². The Hall–Kier alpha value is -3.06. The van der Waals surface area contributed by atoms with E-state index in [1.165, 1.54) is 17.4 Å². The van der Waals surface area contributed by atoms with Crippen LogP contribution in [0.1, 0.15) is 43.1 Å². The Kier molecular flexibility index (Phi) is 6.95. The fraction of sp³-hybridized carbons (Fsp3) is 0.304. The Labute approximate surface area is 179 Å². The lowest BCUT2D eigenvalue weighted by Crippen LogP contribution is -2.00. The normalized spacial score (nSPS) is 10.8. The molecule has 2 aromatic carbocycles. The van der Waals surface area contributed by atoms with Crippen molar-refractivity contribution in [1.82, 2.24) is 4.98 Å². The van der Waals surface area contributed by atoms with Gasteiger partial charge in [0.05, 0.1) is 18.9 Å². The number of aromatic carboxylic acids is 1. The highest BCUT2D eigenvalue weighted by molar-refractivity contribution is 7.13. The highest BCUT2D eigenvalue weighted by Gasteiger charge is 2.18. The van der Waals surface area contributed by atoms with E-state index in [0.29, 0.717) is 48.0 Å². The largest absolute Gasteiger partial charge is 0.507 e. The number of nitrogens with zero attached hydrogens (tertiary/aromatic N) is 1. The molecule has 0 saturated carbocycles. The van der Waals surface area contributed by atoms with Crippen LogP contribution in [0.2, 0.25) is 0 Å². The molecule has 3 rings (SSSR count). The van der Waals surface area contributed by atoms with E-state index in [4.69, 9.17) is 14.5 Å². The van der Waals surface area contributed by atoms with Gasteiger partial charge in [0.15, 0.2) is 11.5 Å². The number of aromatic nitrogens is 1. The third-order valence-electron chi connectivity index (χ3n) is 4.53. The molecule has 0 fully saturated rings. The van der Waals surface area contributed by atoms with Crippen LogP contribution in [-0.2, 0) is 6.42 Å². The van der Waals surface area contributed by atoms with Crippen molar-refractivity contribution in [3.63, 3.8) is 0 Å². The molecule has 1 heterocycles. The molecule has 30 heavy (non-hydrogen) atoms. The average molecular weight is 428 g/mol. The van der Waals surface area contributed by atoms with Crippen molar-refractivity contribution in [3.8, 4) is 39.1 Å². The van der Waals surface area contributed by atoms with Gasteiger partial charge in [-0.05, 0) is 56.2 Å². The molecule has 3 aromatic rings. The van der Waals surface area contributed by atoms with Gasteiger partial charge >= 0.3 is 5.97 Å². The first-order valence-electron chi connectivity index (χ1n) is 9.93. The summed E-state index contributed by atoms with van der Waals surface area (Å²) in [6.45, 7) is 6.90. The fourth-order valence-electron chi connectivity index (χ4n) is 3.19. The van der Waals surface area contributed by atoms with Gasteiger partial charge in [-0.1, -0.05) is 13.3 Å². The molecule has 0 aliphatic heterocycles. The van der Waals surface area contributed by atoms with Crippen molar-refractivity contribution in [3.05, 3.63) is 46.8 Å². The first-order chi connectivity index (χ1) is 14.5. The number of aryl methyl sites for hydroxylation is 1. The predicted molar refractivity (Wildman–Crippen MR) is 118 cm³/mol. The van der Waals surface area contributed by atoms with Crippen LogP contribution in [0.4, 0.5) is 0 Å². The first-order valence-corrected chi connectivity index (χ1v) is 10.8. The molecular formula is C23H25NO5S. The summed E-state index contributed by atoms with van der Waals surface area (Å²) in [4.78, 5) is 16.3. The third kappa shape index (κ3) is 4.57. The van der Waals surface area contributed by atoms with Gasteiger partial charge in [0, 0.05) is 16.5 Å². The Balaban J connectivity index is 2.00. The van der Waals surface area contributed by atoms with Gasteiger partial charge in [0.1, 0.15) is 16.3 Å². The highest BCUT2D eigenvalue weighted by atomic mass is 32.1. The molecule has 0 spiro atoms. The maximum Gasteiger partial charge on any atom is 0.339 e. The molecule has 0 aliphatic carbocycles. The van der Waals surface area contributed by atoms with E-state index in [-0.39, 0.29) is 11.3 Å². The van der Waals surface area contributed by atoms with Crippen LogP contribution in [0.25, 0.3) is 21.8 Å². The number of hydrogen-bond donors (Lipinski definition) is 2. The van der Waals surface area contributed by atoms with Crippen LogP contribution in [-0.4, -0.2) is 34.4 Å². The predicted octanol–water partition coefficient (Wildman–Crippen LogP) is 5.63. The summed E-state index contributed by atoms with van der Waals surface area (Å²) in [5.41, 5.74) is 2.74. The standard InChI is InChI=1S/C23H25NO5S/c1-4-7-14-10-16(11-17(21(14)25)23(26)27)18-13-30-22(24-18)15-8-9-19(28-5-2)20(12-15)29-6-3/h8-13,25H,4-7H2,1-3H3,(H,26,27). The van der Waals surface area contributed by atoms with Crippen LogP contribution in [0.15, 0.2) is 35.7 Å². The Morgan fingerprint density at radius 1 is 1.03 bits per heavy atom. The quantitative estimate of drug-likeness (QED) is 0.460. The summed E-state index contributed by atoms with van der Waals surface area (Å²) in [6.07, 6.45) is 1.39. The summed E-state index contributed by atoms with van der Waals surface area (Å²) in [6, 6.07) is 8.98. The molecule has 6 nitrogen and oxygen atoms in total. The molecule has 1 aromatic heterocycles. The molecule has 0 bridgehead atoms. The van der Waals surface area contributed by atoms with E-state index in [1.54, 1.807) is 0 Å². The van der Waals surface area contributed by atoms with Crippen LogP contribution < -0.4 is 9.47 Å². The van der Waals surface area contributed by atoms with Crippen molar-refractivity contribution in [1.29, 1.82) is 0 Å². The minimum atomic E-state index is -1.16. The van der Waals surface area contributed by atoms with E-state index in [1.807, 2.05) is 50.4 Å². The van der Waals surface area contributed by atoms with Crippen molar-refractivity contribution >= 4 is 17.3 Å². The molecule has 7 heteroatoms. The zero-order valence-corrected chi connectivity index (χ0v) is 18.1. The maximum absolute atomic E-state index is 11.6. The average Bonchev–Trinajstić information content (AvgIpc) is 3.21. The zero-order valence-electron chi connectivity index (χ0n) is 17.3. The van der Waals surface area contributed by atoms with Crippen molar-refractivity contribution < 1.29 is 24.5 Å². The van der Waals surface area contributed by atoms with Crippen LogP contribution in [0.3, 0.4) is 0 Å². The minimum Gasteiger partial charge on any atom is -0.507 e. The third-order valence-corrected chi connectivity index (χ3v) is 5.42. The van der Waals surface area contributed by atoms with Crippen molar-refractivity contribution in [2.24, 2.45) is 0 Å². The number of phenols is 1. The lowest BCUT2D eigenvalue weighted by Gasteiger charge is -2.11. The second-order valence-electron chi connectivity index (χ2n) is 6.65. The van der Waals surface area contributed by atoms with Crippen LogP contribution >= 0.6 is 11.3 Å². The number of carbonyl (C=O) groups is 1. The highest BCUT2D eigenvalue weighted by Crippen LogP contribution is 2.37. The number of ether oxygens (including phenoxy) is 2. The number of aromatic hydroxyl groups is 1. The Morgan fingerprint density at radius 3 is 2.43 bits per heavy atom. The van der Waals surface area contributed by atoms with Crippen molar-refractivity contribution in [2.75, 3.05) is 13.2 Å². The maximum atomic E-state index is 11.6. The lowest BCUT2D eigenvalue weighted by molar-refractivity contribution is 0.0693. The number of thiazole rings is 1. The van der Waals surface area contributed by atoms with Gasteiger partial charge in [0.2, 0.25) is 0 Å². The zero-order chi connectivity index (χ0) is 21.7. The molecule has 0 radical (unpaired) electrons. The summed E-state index contributed by atoms with van der Waals surface area (Å²) in [5.74, 6) is 0.0248. The van der Waals surface area contributed by atoms with Gasteiger partial charge in [0.25, 0.3) is 0 Å². The smallest absolute Gasteiger partial charge is 0.339 e. The molecule has 158 valence electrons.